The number of thioether (sulfide) groups is 1. The van der Waals surface area contributed by atoms with Gasteiger partial charge in [-0.2, -0.15) is 0 Å². The van der Waals surface area contributed by atoms with Gasteiger partial charge in [0.15, 0.2) is 5.16 Å². The summed E-state index contributed by atoms with van der Waals surface area (Å²) in [6.07, 6.45) is 0.229. The summed E-state index contributed by atoms with van der Waals surface area (Å²) in [6.45, 7) is 15.4. The lowest BCUT2D eigenvalue weighted by molar-refractivity contribution is -0.914. The van der Waals surface area contributed by atoms with Gasteiger partial charge < -0.3 is 9.64 Å². The normalized spacial score (nSPS) is 21.0. The predicted octanol–water partition coefficient (Wildman–Crippen LogP) is 2.13. The third-order valence-electron chi connectivity index (χ3n) is 4.99. The minimum atomic E-state index is 0.0958. The van der Waals surface area contributed by atoms with Crippen molar-refractivity contribution in [3.05, 3.63) is 20.8 Å². The number of morpholine rings is 1. The van der Waals surface area contributed by atoms with Crippen LogP contribution in [0.15, 0.2) is 9.95 Å². The van der Waals surface area contributed by atoms with Gasteiger partial charge >= 0.3 is 0 Å². The lowest BCUT2D eigenvalue weighted by Crippen LogP contribution is -3.15. The van der Waals surface area contributed by atoms with Crippen molar-refractivity contribution in [2.24, 2.45) is 5.92 Å². The van der Waals surface area contributed by atoms with E-state index in [4.69, 9.17) is 9.72 Å². The number of fused-ring (bicyclic) bond motifs is 1. The molecule has 1 aliphatic rings. The molecule has 2 atom stereocenters. The molecule has 3 heterocycles. The van der Waals surface area contributed by atoms with Gasteiger partial charge in [-0.3, -0.25) is 9.36 Å². The molecule has 26 heavy (non-hydrogen) atoms. The Morgan fingerprint density at radius 2 is 2.19 bits per heavy atom. The number of nitrogens with zero attached hydrogens (tertiary/aromatic N) is 2. The smallest absolute Gasteiger partial charge is 0.263 e. The third-order valence-corrected chi connectivity index (χ3v) is 7.20. The standard InChI is InChI=1S/C19H29N3O2S2/c1-6-22-18(23)16-13(4)14(5)26-17(16)20-19(22)25-11-15-10-21(7-8-24-15)9-12(2)3/h12,15H,6-11H2,1-5H3/p+1/t15-/m0/s1. The van der Waals surface area contributed by atoms with Crippen LogP contribution < -0.4 is 10.5 Å². The van der Waals surface area contributed by atoms with Gasteiger partial charge in [-0.1, -0.05) is 25.6 Å². The minimum absolute atomic E-state index is 0.0958. The molecule has 2 aromatic rings. The molecule has 0 amide bonds. The van der Waals surface area contributed by atoms with E-state index in [0.717, 1.165) is 46.4 Å². The Morgan fingerprint density at radius 1 is 1.42 bits per heavy atom. The van der Waals surface area contributed by atoms with E-state index in [1.807, 2.05) is 18.4 Å². The second-order valence-corrected chi connectivity index (χ2v) is 9.70. The molecule has 2 aromatic heterocycles. The van der Waals surface area contributed by atoms with E-state index in [2.05, 4.69) is 20.8 Å². The Labute approximate surface area is 163 Å². The molecule has 0 aliphatic carbocycles. The van der Waals surface area contributed by atoms with Crippen molar-refractivity contribution >= 4 is 33.3 Å². The van der Waals surface area contributed by atoms with Crippen molar-refractivity contribution in [3.8, 4) is 0 Å². The number of thiophene rings is 1. The van der Waals surface area contributed by atoms with Crippen LogP contribution in [0.4, 0.5) is 0 Å². The number of aryl methyl sites for hydroxylation is 2. The van der Waals surface area contributed by atoms with E-state index >= 15 is 0 Å². The first-order chi connectivity index (χ1) is 12.4. The van der Waals surface area contributed by atoms with Crippen molar-refractivity contribution in [1.82, 2.24) is 9.55 Å². The van der Waals surface area contributed by atoms with Crippen LogP contribution in [0.1, 0.15) is 31.2 Å². The van der Waals surface area contributed by atoms with Gasteiger partial charge in [0.25, 0.3) is 5.56 Å². The van der Waals surface area contributed by atoms with Crippen LogP contribution in [0.5, 0.6) is 0 Å². The topological polar surface area (TPSA) is 48.6 Å². The summed E-state index contributed by atoms with van der Waals surface area (Å²) in [5.41, 5.74) is 1.17. The van der Waals surface area contributed by atoms with Crippen molar-refractivity contribution in [2.75, 3.05) is 32.0 Å². The first-order valence-electron chi connectivity index (χ1n) is 9.49. The van der Waals surface area contributed by atoms with Crippen LogP contribution in [-0.4, -0.2) is 47.6 Å². The Balaban J connectivity index is 1.77. The SMILES string of the molecule is CCn1c(SC[C@@H]2C[NH+](CC(C)C)CCO2)nc2sc(C)c(C)c2c1=O. The number of quaternary nitrogens is 1. The molecule has 5 nitrogen and oxygen atoms in total. The molecule has 0 radical (unpaired) electrons. The lowest BCUT2D eigenvalue weighted by Gasteiger charge is -2.31. The van der Waals surface area contributed by atoms with Crippen LogP contribution >= 0.6 is 23.1 Å². The monoisotopic (exact) mass is 396 g/mol. The summed E-state index contributed by atoms with van der Waals surface area (Å²) >= 11 is 3.29. The molecule has 1 saturated heterocycles. The predicted molar refractivity (Wildman–Crippen MR) is 110 cm³/mol. The van der Waals surface area contributed by atoms with E-state index in [1.165, 1.54) is 11.4 Å². The van der Waals surface area contributed by atoms with E-state index in [9.17, 15) is 4.79 Å². The number of aromatic nitrogens is 2. The van der Waals surface area contributed by atoms with Gasteiger partial charge in [-0.05, 0) is 26.3 Å². The first-order valence-corrected chi connectivity index (χ1v) is 11.3. The number of hydrogen-bond acceptors (Lipinski definition) is 5. The van der Waals surface area contributed by atoms with E-state index in [-0.39, 0.29) is 11.7 Å². The Kier molecular flexibility index (Phi) is 6.43. The van der Waals surface area contributed by atoms with Crippen LogP contribution in [0.2, 0.25) is 0 Å². The van der Waals surface area contributed by atoms with E-state index in [0.29, 0.717) is 12.5 Å². The summed E-state index contributed by atoms with van der Waals surface area (Å²) in [5, 5.41) is 1.62. The molecule has 3 rings (SSSR count). The first kappa shape index (κ1) is 19.9. The Bertz CT molecular complexity index is 828. The van der Waals surface area contributed by atoms with Crippen LogP contribution in [-0.2, 0) is 11.3 Å². The highest BCUT2D eigenvalue weighted by molar-refractivity contribution is 7.99. The van der Waals surface area contributed by atoms with Crippen molar-refractivity contribution in [2.45, 2.75) is 52.4 Å². The zero-order valence-corrected chi connectivity index (χ0v) is 18.1. The zero-order valence-electron chi connectivity index (χ0n) is 16.4. The fraction of sp³-hybridized carbons (Fsp3) is 0.684. The molecule has 144 valence electrons. The highest BCUT2D eigenvalue weighted by atomic mass is 32.2. The number of ether oxygens (including phenoxy) is 1. The molecule has 1 fully saturated rings. The second-order valence-electron chi connectivity index (χ2n) is 7.51. The molecule has 1 aliphatic heterocycles. The van der Waals surface area contributed by atoms with E-state index < -0.39 is 0 Å². The van der Waals surface area contributed by atoms with Crippen LogP contribution in [0.25, 0.3) is 10.2 Å². The van der Waals surface area contributed by atoms with Crippen molar-refractivity contribution in [3.63, 3.8) is 0 Å². The summed E-state index contributed by atoms with van der Waals surface area (Å²) in [7, 11) is 0. The average molecular weight is 397 g/mol. The van der Waals surface area contributed by atoms with Crippen molar-refractivity contribution in [1.29, 1.82) is 0 Å². The van der Waals surface area contributed by atoms with Gasteiger partial charge in [0.05, 0.1) is 18.5 Å². The van der Waals surface area contributed by atoms with Crippen LogP contribution in [0.3, 0.4) is 0 Å². The second kappa shape index (κ2) is 8.42. The van der Waals surface area contributed by atoms with Gasteiger partial charge in [0, 0.05) is 23.1 Å². The van der Waals surface area contributed by atoms with Crippen LogP contribution in [0, 0.1) is 19.8 Å². The largest absolute Gasteiger partial charge is 0.366 e. The zero-order chi connectivity index (χ0) is 18.8. The molecular weight excluding hydrogens is 366 g/mol. The quantitative estimate of drug-likeness (QED) is 0.600. The molecule has 0 bridgehead atoms. The highest BCUT2D eigenvalue weighted by Gasteiger charge is 2.25. The summed E-state index contributed by atoms with van der Waals surface area (Å²) < 4.78 is 7.78. The Hall–Kier alpha value is -0.890. The van der Waals surface area contributed by atoms with E-state index in [1.54, 1.807) is 28.0 Å². The van der Waals surface area contributed by atoms with Gasteiger partial charge in [0.2, 0.25) is 0 Å². The number of nitrogens with one attached hydrogen (secondary N) is 1. The highest BCUT2D eigenvalue weighted by Crippen LogP contribution is 2.28. The molecule has 1 unspecified atom stereocenters. The number of rotatable bonds is 6. The fourth-order valence-electron chi connectivity index (χ4n) is 3.59. The summed E-state index contributed by atoms with van der Waals surface area (Å²) in [4.78, 5) is 21.4. The molecule has 1 N–H and O–H groups in total. The summed E-state index contributed by atoms with van der Waals surface area (Å²) in [5.74, 6) is 1.55. The number of hydrogen-bond donors (Lipinski definition) is 1. The van der Waals surface area contributed by atoms with Gasteiger partial charge in [0.1, 0.15) is 24.0 Å². The maximum atomic E-state index is 12.9. The molecule has 7 heteroatoms. The summed E-state index contributed by atoms with van der Waals surface area (Å²) in [6, 6.07) is 0. The molecule has 0 aromatic carbocycles. The van der Waals surface area contributed by atoms with Crippen molar-refractivity contribution < 1.29 is 9.64 Å². The molecule has 0 saturated carbocycles. The lowest BCUT2D eigenvalue weighted by atomic mass is 10.2. The molecule has 0 spiro atoms. The molecular formula is C19H30N3O2S2+. The maximum absolute atomic E-state index is 12.9. The third kappa shape index (κ3) is 4.16. The van der Waals surface area contributed by atoms with Gasteiger partial charge in [-0.25, -0.2) is 4.98 Å². The maximum Gasteiger partial charge on any atom is 0.263 e. The average Bonchev–Trinajstić information content (AvgIpc) is 2.87. The van der Waals surface area contributed by atoms with Gasteiger partial charge in [-0.15, -0.1) is 11.3 Å². The Morgan fingerprint density at radius 3 is 2.88 bits per heavy atom. The minimum Gasteiger partial charge on any atom is -0.366 e. The fourth-order valence-corrected chi connectivity index (χ4v) is 5.74.